The van der Waals surface area contributed by atoms with Crippen LogP contribution in [0, 0.1) is 20.8 Å². The summed E-state index contributed by atoms with van der Waals surface area (Å²) in [6.07, 6.45) is -0.587. The maximum atomic E-state index is 12.3. The molecular formula is C18H20ClNO2. The summed E-state index contributed by atoms with van der Waals surface area (Å²) in [6.45, 7) is 7.59. The maximum Gasteiger partial charge on any atom is 0.265 e. The largest absolute Gasteiger partial charge is 0.481 e. The summed E-state index contributed by atoms with van der Waals surface area (Å²) in [4.78, 5) is 12.3. The van der Waals surface area contributed by atoms with Gasteiger partial charge in [0.2, 0.25) is 0 Å². The van der Waals surface area contributed by atoms with Crippen LogP contribution in [-0.2, 0) is 4.79 Å². The average molecular weight is 318 g/mol. The molecule has 1 atom stereocenters. The first kappa shape index (κ1) is 16.4. The molecule has 0 aliphatic carbocycles. The van der Waals surface area contributed by atoms with Gasteiger partial charge in [-0.2, -0.15) is 0 Å². The molecule has 1 N–H and O–H groups in total. The molecule has 0 saturated heterocycles. The van der Waals surface area contributed by atoms with Crippen LogP contribution in [-0.4, -0.2) is 12.0 Å². The molecule has 0 saturated carbocycles. The van der Waals surface area contributed by atoms with Gasteiger partial charge in [0, 0.05) is 10.7 Å². The number of hydrogen-bond acceptors (Lipinski definition) is 2. The molecule has 0 aliphatic rings. The van der Waals surface area contributed by atoms with Crippen LogP contribution in [0.15, 0.2) is 36.4 Å². The first-order valence-corrected chi connectivity index (χ1v) is 7.55. The van der Waals surface area contributed by atoms with Crippen LogP contribution < -0.4 is 10.1 Å². The molecule has 0 aliphatic heterocycles. The Balaban J connectivity index is 2.07. The third kappa shape index (κ3) is 4.01. The number of anilines is 1. The Morgan fingerprint density at radius 2 is 1.82 bits per heavy atom. The lowest BCUT2D eigenvalue weighted by Gasteiger charge is -2.17. The molecule has 3 nitrogen and oxygen atoms in total. The Morgan fingerprint density at radius 1 is 1.09 bits per heavy atom. The van der Waals surface area contributed by atoms with E-state index in [2.05, 4.69) is 5.32 Å². The highest BCUT2D eigenvalue weighted by atomic mass is 35.5. The van der Waals surface area contributed by atoms with E-state index >= 15 is 0 Å². The second-order valence-electron chi connectivity index (χ2n) is 5.48. The van der Waals surface area contributed by atoms with E-state index in [0.29, 0.717) is 5.02 Å². The van der Waals surface area contributed by atoms with Gasteiger partial charge in [-0.25, -0.2) is 0 Å². The Morgan fingerprint density at radius 3 is 2.50 bits per heavy atom. The van der Waals surface area contributed by atoms with Crippen molar-refractivity contribution in [3.63, 3.8) is 0 Å². The lowest BCUT2D eigenvalue weighted by molar-refractivity contribution is -0.122. The Kier molecular flexibility index (Phi) is 5.09. The van der Waals surface area contributed by atoms with Crippen LogP contribution in [0.4, 0.5) is 5.69 Å². The van der Waals surface area contributed by atoms with E-state index in [-0.39, 0.29) is 5.91 Å². The van der Waals surface area contributed by atoms with Gasteiger partial charge in [0.25, 0.3) is 5.91 Å². The number of aryl methyl sites for hydroxylation is 3. The Hall–Kier alpha value is -2.00. The minimum Gasteiger partial charge on any atom is -0.481 e. The monoisotopic (exact) mass is 317 g/mol. The molecule has 0 radical (unpaired) electrons. The molecule has 116 valence electrons. The minimum absolute atomic E-state index is 0.189. The molecule has 0 fully saturated rings. The summed E-state index contributed by atoms with van der Waals surface area (Å²) >= 11 is 5.92. The molecule has 0 aromatic heterocycles. The van der Waals surface area contributed by atoms with Crippen LogP contribution in [0.3, 0.4) is 0 Å². The predicted octanol–water partition coefficient (Wildman–Crippen LogP) is 4.67. The van der Waals surface area contributed by atoms with Gasteiger partial charge in [0.05, 0.1) is 0 Å². The van der Waals surface area contributed by atoms with E-state index in [0.717, 1.165) is 28.1 Å². The van der Waals surface area contributed by atoms with E-state index in [9.17, 15) is 4.79 Å². The quantitative estimate of drug-likeness (QED) is 0.889. The third-order valence-electron chi connectivity index (χ3n) is 3.46. The number of hydrogen-bond donors (Lipinski definition) is 1. The van der Waals surface area contributed by atoms with E-state index in [1.807, 2.05) is 45.0 Å². The zero-order valence-corrected chi connectivity index (χ0v) is 14.0. The number of benzene rings is 2. The highest BCUT2D eigenvalue weighted by Crippen LogP contribution is 2.22. The molecule has 22 heavy (non-hydrogen) atoms. The van der Waals surface area contributed by atoms with Crippen molar-refractivity contribution in [3.05, 3.63) is 58.1 Å². The van der Waals surface area contributed by atoms with Crippen molar-refractivity contribution in [2.45, 2.75) is 33.8 Å². The molecule has 0 bridgehead atoms. The van der Waals surface area contributed by atoms with E-state index in [1.54, 1.807) is 19.1 Å². The molecule has 4 heteroatoms. The maximum absolute atomic E-state index is 12.3. The summed E-state index contributed by atoms with van der Waals surface area (Å²) < 4.78 is 5.79. The van der Waals surface area contributed by atoms with Crippen molar-refractivity contribution in [1.29, 1.82) is 0 Å². The number of halogens is 1. The van der Waals surface area contributed by atoms with Crippen LogP contribution in [0.2, 0.25) is 5.02 Å². The van der Waals surface area contributed by atoms with Gasteiger partial charge >= 0.3 is 0 Å². The third-order valence-corrected chi connectivity index (χ3v) is 3.70. The lowest BCUT2D eigenvalue weighted by Crippen LogP contribution is -2.30. The molecule has 0 heterocycles. The van der Waals surface area contributed by atoms with Crippen LogP contribution in [0.25, 0.3) is 0 Å². The van der Waals surface area contributed by atoms with Gasteiger partial charge < -0.3 is 10.1 Å². The highest BCUT2D eigenvalue weighted by Gasteiger charge is 2.16. The zero-order chi connectivity index (χ0) is 16.3. The molecule has 2 rings (SSSR count). The van der Waals surface area contributed by atoms with Crippen LogP contribution >= 0.6 is 11.6 Å². The summed E-state index contributed by atoms with van der Waals surface area (Å²) in [5, 5.41) is 3.52. The first-order valence-electron chi connectivity index (χ1n) is 7.18. The molecule has 0 spiro atoms. The van der Waals surface area contributed by atoms with Gasteiger partial charge in [-0.05, 0) is 68.7 Å². The summed E-state index contributed by atoms with van der Waals surface area (Å²) in [6, 6.07) is 11.3. The van der Waals surface area contributed by atoms with Crippen molar-refractivity contribution in [2.75, 3.05) is 5.32 Å². The van der Waals surface area contributed by atoms with Crippen molar-refractivity contribution >= 4 is 23.2 Å². The number of rotatable bonds is 4. The van der Waals surface area contributed by atoms with E-state index in [4.69, 9.17) is 16.3 Å². The fourth-order valence-corrected chi connectivity index (χ4v) is 2.31. The molecule has 2 aromatic rings. The van der Waals surface area contributed by atoms with Crippen molar-refractivity contribution < 1.29 is 9.53 Å². The molecule has 1 amide bonds. The smallest absolute Gasteiger partial charge is 0.265 e. The van der Waals surface area contributed by atoms with Crippen LogP contribution in [0.5, 0.6) is 5.75 Å². The van der Waals surface area contributed by atoms with Gasteiger partial charge in [-0.1, -0.05) is 23.7 Å². The minimum atomic E-state index is -0.587. The highest BCUT2D eigenvalue weighted by molar-refractivity contribution is 6.30. The summed E-state index contributed by atoms with van der Waals surface area (Å²) in [7, 11) is 0. The SMILES string of the molecule is Cc1ccc(C)c(O[C@H](C)C(=O)Nc2ccc(Cl)cc2C)c1. The zero-order valence-electron chi connectivity index (χ0n) is 13.2. The lowest BCUT2D eigenvalue weighted by atomic mass is 10.1. The molecular weight excluding hydrogens is 298 g/mol. The number of ether oxygens (including phenoxy) is 1. The number of amides is 1. The van der Waals surface area contributed by atoms with Gasteiger partial charge in [-0.3, -0.25) is 4.79 Å². The second-order valence-corrected chi connectivity index (χ2v) is 5.91. The summed E-state index contributed by atoms with van der Waals surface area (Å²) in [5.74, 6) is 0.543. The van der Waals surface area contributed by atoms with Crippen molar-refractivity contribution in [2.24, 2.45) is 0 Å². The standard InChI is InChI=1S/C18H20ClNO2/c1-11-5-6-12(2)17(9-11)22-14(4)18(21)20-16-8-7-15(19)10-13(16)3/h5-10,14H,1-4H3,(H,20,21)/t14-/m1/s1. The van der Waals surface area contributed by atoms with E-state index < -0.39 is 6.10 Å². The number of carbonyl (C=O) groups excluding carboxylic acids is 1. The Labute approximate surface area is 136 Å². The predicted molar refractivity (Wildman–Crippen MR) is 90.8 cm³/mol. The van der Waals surface area contributed by atoms with Crippen molar-refractivity contribution in [1.82, 2.24) is 0 Å². The fourth-order valence-electron chi connectivity index (χ4n) is 2.08. The molecule has 2 aromatic carbocycles. The Bertz CT molecular complexity index is 697. The summed E-state index contributed by atoms with van der Waals surface area (Å²) in [5.41, 5.74) is 3.76. The fraction of sp³-hybridized carbons (Fsp3) is 0.278. The molecule has 0 unspecified atom stereocenters. The first-order chi connectivity index (χ1) is 10.4. The number of nitrogens with one attached hydrogen (secondary N) is 1. The van der Waals surface area contributed by atoms with E-state index in [1.165, 1.54) is 0 Å². The van der Waals surface area contributed by atoms with Crippen LogP contribution in [0.1, 0.15) is 23.6 Å². The number of carbonyl (C=O) groups is 1. The van der Waals surface area contributed by atoms with Gasteiger partial charge in [-0.15, -0.1) is 0 Å². The normalized spacial score (nSPS) is 11.9. The topological polar surface area (TPSA) is 38.3 Å². The average Bonchev–Trinajstić information content (AvgIpc) is 2.45. The second kappa shape index (κ2) is 6.84. The van der Waals surface area contributed by atoms with Gasteiger partial charge in [0.1, 0.15) is 5.75 Å². The van der Waals surface area contributed by atoms with Gasteiger partial charge in [0.15, 0.2) is 6.10 Å². The van der Waals surface area contributed by atoms with Crippen molar-refractivity contribution in [3.8, 4) is 5.75 Å².